The van der Waals surface area contributed by atoms with Crippen LogP contribution in [0.15, 0.2) is 42.6 Å². The van der Waals surface area contributed by atoms with E-state index in [1.165, 1.54) is 0 Å². The zero-order valence-corrected chi connectivity index (χ0v) is 12.9. The van der Waals surface area contributed by atoms with Crippen LogP contribution < -0.4 is 0 Å². The molecule has 23 heavy (non-hydrogen) atoms. The van der Waals surface area contributed by atoms with E-state index in [2.05, 4.69) is 9.55 Å². The molecule has 0 aliphatic carbocycles. The lowest BCUT2D eigenvalue weighted by Gasteiger charge is -2.23. The predicted octanol–water partition coefficient (Wildman–Crippen LogP) is 3.23. The van der Waals surface area contributed by atoms with Crippen LogP contribution in [-0.4, -0.2) is 32.9 Å². The third kappa shape index (κ3) is 2.80. The van der Waals surface area contributed by atoms with E-state index in [9.17, 15) is 5.11 Å². The number of benzene rings is 1. The summed E-state index contributed by atoms with van der Waals surface area (Å²) in [5.74, 6) is 1.68. The van der Waals surface area contributed by atoms with Gasteiger partial charge in [0.05, 0.1) is 0 Å². The SMILES string of the molecule is Oc1cccc(-c2nc3cccnc3n2CC2CCOCC2)c1. The van der Waals surface area contributed by atoms with E-state index in [1.54, 1.807) is 18.3 Å². The van der Waals surface area contributed by atoms with E-state index in [0.717, 1.165) is 55.2 Å². The number of ether oxygens (including phenoxy) is 1. The fourth-order valence-corrected chi connectivity index (χ4v) is 3.18. The fourth-order valence-electron chi connectivity index (χ4n) is 3.18. The van der Waals surface area contributed by atoms with Gasteiger partial charge in [-0.2, -0.15) is 0 Å². The molecule has 0 spiro atoms. The highest BCUT2D eigenvalue weighted by Crippen LogP contribution is 2.28. The lowest BCUT2D eigenvalue weighted by atomic mass is 10.00. The van der Waals surface area contributed by atoms with Gasteiger partial charge in [-0.3, -0.25) is 0 Å². The molecule has 0 saturated carbocycles. The predicted molar refractivity (Wildman–Crippen MR) is 88.2 cm³/mol. The minimum absolute atomic E-state index is 0.250. The number of nitrogens with zero attached hydrogens (tertiary/aromatic N) is 3. The highest BCUT2D eigenvalue weighted by Gasteiger charge is 2.20. The van der Waals surface area contributed by atoms with Gasteiger partial charge in [0.25, 0.3) is 0 Å². The summed E-state index contributed by atoms with van der Waals surface area (Å²) in [5, 5.41) is 9.79. The molecule has 5 nitrogen and oxygen atoms in total. The number of fused-ring (bicyclic) bond motifs is 1. The zero-order chi connectivity index (χ0) is 15.6. The molecule has 0 bridgehead atoms. The Balaban J connectivity index is 1.80. The zero-order valence-electron chi connectivity index (χ0n) is 12.9. The van der Waals surface area contributed by atoms with Crippen molar-refractivity contribution in [1.82, 2.24) is 14.5 Å². The van der Waals surface area contributed by atoms with Crippen molar-refractivity contribution in [2.24, 2.45) is 5.92 Å². The Kier molecular flexibility index (Phi) is 3.71. The third-order valence-electron chi connectivity index (χ3n) is 4.39. The van der Waals surface area contributed by atoms with Crippen LogP contribution in [0.3, 0.4) is 0 Å². The number of pyridine rings is 1. The molecule has 3 heterocycles. The summed E-state index contributed by atoms with van der Waals surface area (Å²) in [5.41, 5.74) is 2.70. The molecule has 3 aromatic rings. The first-order valence-corrected chi connectivity index (χ1v) is 7.99. The van der Waals surface area contributed by atoms with Gasteiger partial charge in [0.1, 0.15) is 17.1 Å². The molecule has 118 valence electrons. The minimum atomic E-state index is 0.250. The van der Waals surface area contributed by atoms with E-state index in [1.807, 2.05) is 24.3 Å². The molecule has 0 radical (unpaired) electrons. The highest BCUT2D eigenvalue weighted by atomic mass is 16.5. The Hall–Kier alpha value is -2.40. The van der Waals surface area contributed by atoms with E-state index in [4.69, 9.17) is 9.72 Å². The fraction of sp³-hybridized carbons (Fsp3) is 0.333. The number of hydrogen-bond donors (Lipinski definition) is 1. The maximum Gasteiger partial charge on any atom is 0.160 e. The second-order valence-corrected chi connectivity index (χ2v) is 6.00. The van der Waals surface area contributed by atoms with E-state index >= 15 is 0 Å². The Bertz CT molecular complexity index is 822. The van der Waals surface area contributed by atoms with Crippen LogP contribution in [0.5, 0.6) is 5.75 Å². The summed E-state index contributed by atoms with van der Waals surface area (Å²) >= 11 is 0. The summed E-state index contributed by atoms with van der Waals surface area (Å²) in [7, 11) is 0. The molecular weight excluding hydrogens is 290 g/mol. The number of rotatable bonds is 3. The standard InChI is InChI=1S/C18H19N3O2/c22-15-4-1-3-14(11-15)17-20-16-5-2-8-19-18(16)21(17)12-13-6-9-23-10-7-13/h1-5,8,11,13,22H,6-7,9-10,12H2. The molecule has 0 amide bonds. The summed E-state index contributed by atoms with van der Waals surface area (Å²) in [4.78, 5) is 9.27. The molecule has 0 unspecified atom stereocenters. The van der Waals surface area contributed by atoms with Crippen LogP contribution in [0.2, 0.25) is 0 Å². The van der Waals surface area contributed by atoms with E-state index in [-0.39, 0.29) is 5.75 Å². The van der Waals surface area contributed by atoms with Crippen molar-refractivity contribution >= 4 is 11.2 Å². The first-order valence-electron chi connectivity index (χ1n) is 7.99. The van der Waals surface area contributed by atoms with Crippen LogP contribution in [-0.2, 0) is 11.3 Å². The van der Waals surface area contributed by atoms with Gasteiger partial charge in [0.2, 0.25) is 0 Å². The van der Waals surface area contributed by atoms with Crippen LogP contribution in [0.1, 0.15) is 12.8 Å². The summed E-state index contributed by atoms with van der Waals surface area (Å²) in [6.45, 7) is 2.53. The monoisotopic (exact) mass is 309 g/mol. The van der Waals surface area contributed by atoms with Gasteiger partial charge in [-0.15, -0.1) is 0 Å². The number of aromatic hydroxyl groups is 1. The van der Waals surface area contributed by atoms with Gasteiger partial charge in [-0.1, -0.05) is 12.1 Å². The average molecular weight is 309 g/mol. The van der Waals surface area contributed by atoms with Crippen LogP contribution in [0, 0.1) is 5.92 Å². The van der Waals surface area contributed by atoms with Gasteiger partial charge in [0.15, 0.2) is 5.65 Å². The van der Waals surface area contributed by atoms with Crippen LogP contribution >= 0.6 is 0 Å². The molecule has 0 atom stereocenters. The van der Waals surface area contributed by atoms with Crippen LogP contribution in [0.25, 0.3) is 22.6 Å². The Labute approximate surface area is 134 Å². The van der Waals surface area contributed by atoms with Gasteiger partial charge in [-0.25, -0.2) is 9.97 Å². The summed E-state index contributed by atoms with van der Waals surface area (Å²) < 4.78 is 7.64. The smallest absolute Gasteiger partial charge is 0.160 e. The molecule has 1 aliphatic heterocycles. The summed E-state index contributed by atoms with van der Waals surface area (Å²) in [6.07, 6.45) is 3.93. The summed E-state index contributed by atoms with van der Waals surface area (Å²) in [6, 6.07) is 11.1. The molecule has 1 saturated heterocycles. The minimum Gasteiger partial charge on any atom is -0.508 e. The molecule has 1 fully saturated rings. The van der Waals surface area contributed by atoms with Crippen molar-refractivity contribution in [1.29, 1.82) is 0 Å². The molecule has 2 aromatic heterocycles. The van der Waals surface area contributed by atoms with Crippen molar-refractivity contribution in [2.45, 2.75) is 19.4 Å². The molecule has 5 heteroatoms. The molecule has 4 rings (SSSR count). The topological polar surface area (TPSA) is 60.2 Å². The van der Waals surface area contributed by atoms with Gasteiger partial charge in [-0.05, 0) is 43.0 Å². The van der Waals surface area contributed by atoms with E-state index in [0.29, 0.717) is 5.92 Å². The maximum atomic E-state index is 9.79. The highest BCUT2D eigenvalue weighted by molar-refractivity contribution is 5.77. The third-order valence-corrected chi connectivity index (χ3v) is 4.39. The average Bonchev–Trinajstić information content (AvgIpc) is 2.95. The van der Waals surface area contributed by atoms with Gasteiger partial charge >= 0.3 is 0 Å². The van der Waals surface area contributed by atoms with Crippen molar-refractivity contribution in [3.8, 4) is 17.1 Å². The van der Waals surface area contributed by atoms with Crippen molar-refractivity contribution in [3.63, 3.8) is 0 Å². The van der Waals surface area contributed by atoms with Gasteiger partial charge in [0, 0.05) is 31.5 Å². The Morgan fingerprint density at radius 1 is 1.17 bits per heavy atom. The lowest BCUT2D eigenvalue weighted by Crippen LogP contribution is -2.21. The largest absolute Gasteiger partial charge is 0.508 e. The first-order chi connectivity index (χ1) is 11.3. The van der Waals surface area contributed by atoms with E-state index < -0.39 is 0 Å². The van der Waals surface area contributed by atoms with Crippen LogP contribution in [0.4, 0.5) is 0 Å². The molecule has 1 aliphatic rings. The number of hydrogen-bond acceptors (Lipinski definition) is 4. The molecule has 1 aromatic carbocycles. The Morgan fingerprint density at radius 3 is 2.87 bits per heavy atom. The second kappa shape index (κ2) is 6.01. The normalized spacial score (nSPS) is 16.0. The number of aromatic nitrogens is 3. The van der Waals surface area contributed by atoms with Gasteiger partial charge < -0.3 is 14.4 Å². The van der Waals surface area contributed by atoms with Crippen molar-refractivity contribution in [3.05, 3.63) is 42.6 Å². The maximum absolute atomic E-state index is 9.79. The lowest BCUT2D eigenvalue weighted by molar-refractivity contribution is 0.0617. The molecule has 1 N–H and O–H groups in total. The quantitative estimate of drug-likeness (QED) is 0.807. The van der Waals surface area contributed by atoms with Crippen molar-refractivity contribution in [2.75, 3.05) is 13.2 Å². The number of phenols is 1. The number of phenolic OH excluding ortho intramolecular Hbond substituents is 1. The second-order valence-electron chi connectivity index (χ2n) is 6.00. The Morgan fingerprint density at radius 2 is 2.04 bits per heavy atom. The number of imidazole rings is 1. The first kappa shape index (κ1) is 14.2. The molecular formula is C18H19N3O2. The van der Waals surface area contributed by atoms with Crippen molar-refractivity contribution < 1.29 is 9.84 Å².